The van der Waals surface area contributed by atoms with Gasteiger partial charge in [0.2, 0.25) is 0 Å². The van der Waals surface area contributed by atoms with Crippen molar-refractivity contribution in [3.8, 4) is 5.75 Å². The Morgan fingerprint density at radius 3 is 3.17 bits per heavy atom. The summed E-state index contributed by atoms with van der Waals surface area (Å²) in [5.41, 5.74) is 1.78. The van der Waals surface area contributed by atoms with Gasteiger partial charge in [0.15, 0.2) is 10.9 Å². The lowest BCUT2D eigenvalue weighted by Crippen LogP contribution is -1.86. The fourth-order valence-corrected chi connectivity index (χ4v) is 1.30. The van der Waals surface area contributed by atoms with E-state index in [9.17, 15) is 0 Å². The van der Waals surface area contributed by atoms with E-state index in [0.717, 1.165) is 11.0 Å². The van der Waals surface area contributed by atoms with Crippen LogP contribution in [-0.2, 0) is 0 Å². The average Bonchev–Trinajstić information content (AvgIpc) is 2.49. The summed E-state index contributed by atoms with van der Waals surface area (Å²) in [4.78, 5) is 7.14. The first-order valence-corrected chi connectivity index (χ1v) is 3.86. The van der Waals surface area contributed by atoms with Crippen LogP contribution in [0.15, 0.2) is 18.3 Å². The van der Waals surface area contributed by atoms with Crippen LogP contribution in [0.2, 0.25) is 5.15 Å². The number of halogens is 1. The molecule has 2 heterocycles. The van der Waals surface area contributed by atoms with E-state index in [1.54, 1.807) is 7.11 Å². The minimum absolute atomic E-state index is 0.393. The lowest BCUT2D eigenvalue weighted by atomic mass is 10.4. The van der Waals surface area contributed by atoms with Gasteiger partial charge in [0.1, 0.15) is 0 Å². The predicted octanol–water partition coefficient (Wildman–Crippen LogP) is 2.22. The number of methoxy groups -OCH3 is 1. The van der Waals surface area contributed by atoms with Gasteiger partial charge in [-0.05, 0) is 6.07 Å². The number of fused-ring (bicyclic) bond motifs is 1. The molecule has 0 atom stereocenters. The van der Waals surface area contributed by atoms with Crippen molar-refractivity contribution >= 4 is 22.6 Å². The maximum absolute atomic E-state index is 5.81. The van der Waals surface area contributed by atoms with E-state index in [0.29, 0.717) is 10.9 Å². The summed E-state index contributed by atoms with van der Waals surface area (Å²) in [5.74, 6) is 0.589. The van der Waals surface area contributed by atoms with E-state index in [1.807, 2.05) is 18.3 Å². The van der Waals surface area contributed by atoms with Gasteiger partial charge in [0.25, 0.3) is 0 Å². The Morgan fingerprint density at radius 1 is 1.58 bits per heavy atom. The molecule has 0 unspecified atom stereocenters. The molecule has 4 heteroatoms. The Kier molecular flexibility index (Phi) is 1.66. The van der Waals surface area contributed by atoms with Gasteiger partial charge in [-0.3, -0.25) is 0 Å². The van der Waals surface area contributed by atoms with E-state index in [2.05, 4.69) is 9.97 Å². The second-order valence-corrected chi connectivity index (χ2v) is 2.75. The highest BCUT2D eigenvalue weighted by molar-refractivity contribution is 6.31. The molecule has 0 aliphatic rings. The van der Waals surface area contributed by atoms with Crippen molar-refractivity contribution in [2.24, 2.45) is 0 Å². The number of aromatic nitrogens is 2. The molecule has 0 aliphatic heterocycles. The van der Waals surface area contributed by atoms with Crippen molar-refractivity contribution in [3.63, 3.8) is 0 Å². The molecule has 0 bridgehead atoms. The number of hydrogen-bond acceptors (Lipinski definition) is 2. The third-order valence-electron chi connectivity index (χ3n) is 1.67. The molecule has 2 rings (SSSR count). The van der Waals surface area contributed by atoms with E-state index in [1.165, 1.54) is 0 Å². The normalized spacial score (nSPS) is 10.5. The first kappa shape index (κ1) is 7.43. The highest BCUT2D eigenvalue weighted by Gasteiger charge is 2.04. The van der Waals surface area contributed by atoms with Crippen LogP contribution in [0.5, 0.6) is 5.75 Å². The van der Waals surface area contributed by atoms with Gasteiger partial charge in [-0.1, -0.05) is 11.6 Å². The van der Waals surface area contributed by atoms with Gasteiger partial charge >= 0.3 is 0 Å². The molecule has 2 aromatic rings. The van der Waals surface area contributed by atoms with Crippen molar-refractivity contribution in [1.82, 2.24) is 9.97 Å². The molecule has 0 radical (unpaired) electrons. The number of nitrogens with one attached hydrogen (secondary N) is 1. The number of pyridine rings is 1. The number of aromatic amines is 1. The van der Waals surface area contributed by atoms with E-state index < -0.39 is 0 Å². The van der Waals surface area contributed by atoms with E-state index in [4.69, 9.17) is 16.3 Å². The van der Waals surface area contributed by atoms with Crippen LogP contribution in [0.3, 0.4) is 0 Å². The molecule has 0 amide bonds. The molecule has 0 saturated carbocycles. The van der Waals surface area contributed by atoms with Crippen LogP contribution >= 0.6 is 11.6 Å². The fourth-order valence-electron chi connectivity index (χ4n) is 1.08. The summed E-state index contributed by atoms with van der Waals surface area (Å²) < 4.78 is 5.01. The number of hydrogen-bond donors (Lipinski definition) is 1. The van der Waals surface area contributed by atoms with E-state index in [-0.39, 0.29) is 0 Å². The average molecular weight is 183 g/mol. The fraction of sp³-hybridized carbons (Fsp3) is 0.125. The maximum atomic E-state index is 5.81. The first-order chi connectivity index (χ1) is 5.81. The first-order valence-electron chi connectivity index (χ1n) is 3.49. The molecule has 1 N–H and O–H groups in total. The Morgan fingerprint density at radius 2 is 2.42 bits per heavy atom. The van der Waals surface area contributed by atoms with Crippen LogP contribution in [0, 0.1) is 0 Å². The number of H-pyrrole nitrogens is 1. The van der Waals surface area contributed by atoms with Crippen LogP contribution < -0.4 is 4.74 Å². The van der Waals surface area contributed by atoms with Gasteiger partial charge in [-0.2, -0.15) is 0 Å². The topological polar surface area (TPSA) is 37.9 Å². The standard InChI is InChI=1S/C8H7ClN2O/c1-12-7-4-6-5(2-3-10-6)11-8(7)9/h2-4,10H,1H3. The Hall–Kier alpha value is -1.22. The molecule has 12 heavy (non-hydrogen) atoms. The number of rotatable bonds is 1. The van der Waals surface area contributed by atoms with Gasteiger partial charge in [0, 0.05) is 12.3 Å². The predicted molar refractivity (Wildman–Crippen MR) is 47.7 cm³/mol. The van der Waals surface area contributed by atoms with Crippen molar-refractivity contribution < 1.29 is 4.74 Å². The summed E-state index contributed by atoms with van der Waals surface area (Å²) >= 11 is 5.81. The van der Waals surface area contributed by atoms with Crippen LogP contribution in [0.1, 0.15) is 0 Å². The lowest BCUT2D eigenvalue weighted by Gasteiger charge is -2.00. The van der Waals surface area contributed by atoms with Crippen molar-refractivity contribution in [3.05, 3.63) is 23.5 Å². The maximum Gasteiger partial charge on any atom is 0.171 e. The Bertz CT molecular complexity index is 410. The third-order valence-corrected chi connectivity index (χ3v) is 1.94. The van der Waals surface area contributed by atoms with E-state index >= 15 is 0 Å². The zero-order chi connectivity index (χ0) is 8.55. The molecule has 0 saturated heterocycles. The SMILES string of the molecule is COc1cc2[nH]ccc2nc1Cl. The van der Waals surface area contributed by atoms with Crippen molar-refractivity contribution in [1.29, 1.82) is 0 Å². The van der Waals surface area contributed by atoms with Crippen molar-refractivity contribution in [2.75, 3.05) is 7.11 Å². The minimum atomic E-state index is 0.393. The molecule has 0 aliphatic carbocycles. The number of ether oxygens (including phenoxy) is 1. The molecule has 0 aromatic carbocycles. The molecule has 0 fully saturated rings. The van der Waals surface area contributed by atoms with Crippen molar-refractivity contribution in [2.45, 2.75) is 0 Å². The minimum Gasteiger partial charge on any atom is -0.493 e. The molecular formula is C8H7ClN2O. The monoisotopic (exact) mass is 182 g/mol. The van der Waals surface area contributed by atoms with Gasteiger partial charge < -0.3 is 9.72 Å². The molecule has 62 valence electrons. The summed E-state index contributed by atoms with van der Waals surface area (Å²) in [6, 6.07) is 3.69. The van der Waals surface area contributed by atoms with Gasteiger partial charge in [0.05, 0.1) is 18.1 Å². The highest BCUT2D eigenvalue weighted by atomic mass is 35.5. The Labute approximate surface area is 74.3 Å². The van der Waals surface area contributed by atoms with Crippen LogP contribution in [0.4, 0.5) is 0 Å². The summed E-state index contributed by atoms with van der Waals surface area (Å²) in [6.07, 6.45) is 1.81. The van der Waals surface area contributed by atoms with Gasteiger partial charge in [-0.25, -0.2) is 4.98 Å². The van der Waals surface area contributed by atoms with Crippen LogP contribution in [0.25, 0.3) is 11.0 Å². The summed E-state index contributed by atoms with van der Waals surface area (Å²) in [5, 5.41) is 0.393. The highest BCUT2D eigenvalue weighted by Crippen LogP contribution is 2.25. The zero-order valence-corrected chi connectivity index (χ0v) is 7.22. The van der Waals surface area contributed by atoms with Crippen LogP contribution in [-0.4, -0.2) is 17.1 Å². The quantitative estimate of drug-likeness (QED) is 0.687. The van der Waals surface area contributed by atoms with Gasteiger partial charge in [-0.15, -0.1) is 0 Å². The third kappa shape index (κ3) is 1.02. The Balaban J connectivity index is 2.73. The summed E-state index contributed by atoms with van der Waals surface area (Å²) in [7, 11) is 1.57. The summed E-state index contributed by atoms with van der Waals surface area (Å²) in [6.45, 7) is 0. The second kappa shape index (κ2) is 2.68. The second-order valence-electron chi connectivity index (χ2n) is 2.39. The zero-order valence-electron chi connectivity index (χ0n) is 6.47. The smallest absolute Gasteiger partial charge is 0.171 e. The lowest BCUT2D eigenvalue weighted by molar-refractivity contribution is 0.414. The largest absolute Gasteiger partial charge is 0.493 e. The number of nitrogens with zero attached hydrogens (tertiary/aromatic N) is 1. The molecule has 3 nitrogen and oxygen atoms in total. The molecule has 2 aromatic heterocycles. The molecular weight excluding hydrogens is 176 g/mol. The molecule has 0 spiro atoms.